The number of hydrogen-bond donors (Lipinski definition) is 2. The number of fused-ring (bicyclic) bond motifs is 1. The molecule has 0 bridgehead atoms. The fourth-order valence-electron chi connectivity index (χ4n) is 3.55. The Morgan fingerprint density at radius 3 is 2.19 bits per heavy atom. The summed E-state index contributed by atoms with van der Waals surface area (Å²) in [5.74, 6) is 0.372. The average Bonchev–Trinajstić information content (AvgIpc) is 3.01. The molecule has 0 amide bonds. The van der Waals surface area contributed by atoms with Gasteiger partial charge in [0.05, 0.1) is 0 Å². The van der Waals surface area contributed by atoms with Gasteiger partial charge < -0.3 is 15.8 Å². The third kappa shape index (κ3) is 5.22. The maximum atomic E-state index is 12.2. The summed E-state index contributed by atoms with van der Waals surface area (Å²) in [6, 6.07) is 14.6. The second-order valence-corrected chi connectivity index (χ2v) is 6.78. The van der Waals surface area contributed by atoms with Gasteiger partial charge in [-0.25, -0.2) is 0 Å². The smallest absolute Gasteiger partial charge is 0.406 e. The Bertz CT molecular complexity index is 691. The molecule has 3 rings (SSSR count). The van der Waals surface area contributed by atoms with E-state index in [1.165, 1.54) is 23.3 Å². The lowest BCUT2D eigenvalue weighted by atomic mass is 9.96. The number of benzene rings is 2. The molecule has 0 heterocycles. The molecule has 0 aliphatic heterocycles. The van der Waals surface area contributed by atoms with E-state index < -0.39 is 6.36 Å². The Kier molecular flexibility index (Phi) is 5.84. The number of hydrogen-bond acceptors (Lipinski definition) is 3. The maximum Gasteiger partial charge on any atom is 0.573 e. The predicted molar refractivity (Wildman–Crippen MR) is 94.8 cm³/mol. The van der Waals surface area contributed by atoms with E-state index in [9.17, 15) is 13.2 Å². The second kappa shape index (κ2) is 8.10. The van der Waals surface area contributed by atoms with Crippen molar-refractivity contribution in [3.05, 3.63) is 65.2 Å². The van der Waals surface area contributed by atoms with Gasteiger partial charge in [-0.1, -0.05) is 36.4 Å². The van der Waals surface area contributed by atoms with Crippen LogP contribution in [0.1, 0.15) is 23.1 Å². The van der Waals surface area contributed by atoms with Crippen molar-refractivity contribution in [2.45, 2.75) is 38.2 Å². The van der Waals surface area contributed by atoms with Crippen LogP contribution in [-0.2, 0) is 19.4 Å². The SMILES string of the molecule is NCC(CC1Cc2ccccc2C1)NCc1ccc(OC(F)(F)F)cc1. The van der Waals surface area contributed by atoms with E-state index in [1.807, 2.05) is 0 Å². The first-order valence-electron chi connectivity index (χ1n) is 8.78. The van der Waals surface area contributed by atoms with Gasteiger partial charge >= 0.3 is 6.36 Å². The normalized spacial score (nSPS) is 15.7. The van der Waals surface area contributed by atoms with Crippen molar-refractivity contribution in [1.29, 1.82) is 0 Å². The van der Waals surface area contributed by atoms with Crippen LogP contribution >= 0.6 is 0 Å². The van der Waals surface area contributed by atoms with E-state index in [-0.39, 0.29) is 11.8 Å². The molecular weight excluding hydrogens is 341 g/mol. The summed E-state index contributed by atoms with van der Waals surface area (Å²) in [4.78, 5) is 0. The van der Waals surface area contributed by atoms with Crippen molar-refractivity contribution in [3.63, 3.8) is 0 Å². The highest BCUT2D eigenvalue weighted by molar-refractivity contribution is 5.32. The summed E-state index contributed by atoms with van der Waals surface area (Å²) in [6.07, 6.45) is -1.51. The molecule has 0 aromatic heterocycles. The van der Waals surface area contributed by atoms with E-state index >= 15 is 0 Å². The largest absolute Gasteiger partial charge is 0.573 e. The average molecular weight is 364 g/mol. The first-order chi connectivity index (χ1) is 12.4. The lowest BCUT2D eigenvalue weighted by molar-refractivity contribution is -0.274. The highest BCUT2D eigenvalue weighted by Gasteiger charge is 2.31. The molecule has 0 radical (unpaired) electrons. The van der Waals surface area contributed by atoms with Crippen molar-refractivity contribution in [3.8, 4) is 5.75 Å². The molecule has 0 fully saturated rings. The van der Waals surface area contributed by atoms with E-state index in [0.29, 0.717) is 19.0 Å². The van der Waals surface area contributed by atoms with Crippen LogP contribution in [-0.4, -0.2) is 18.9 Å². The summed E-state index contributed by atoms with van der Waals surface area (Å²) in [6.45, 7) is 1.09. The van der Waals surface area contributed by atoms with Gasteiger partial charge in [-0.15, -0.1) is 13.2 Å². The summed E-state index contributed by atoms with van der Waals surface area (Å²) >= 11 is 0. The quantitative estimate of drug-likeness (QED) is 0.785. The van der Waals surface area contributed by atoms with Crippen molar-refractivity contribution in [2.24, 2.45) is 11.7 Å². The first kappa shape index (κ1) is 18.7. The zero-order valence-corrected chi connectivity index (χ0v) is 14.4. The van der Waals surface area contributed by atoms with E-state index in [0.717, 1.165) is 24.8 Å². The maximum absolute atomic E-state index is 12.2. The lowest BCUT2D eigenvalue weighted by Crippen LogP contribution is -2.37. The van der Waals surface area contributed by atoms with E-state index in [1.54, 1.807) is 12.1 Å². The topological polar surface area (TPSA) is 47.3 Å². The minimum absolute atomic E-state index is 0.181. The number of halogens is 3. The van der Waals surface area contributed by atoms with Gasteiger partial charge in [-0.3, -0.25) is 0 Å². The molecule has 0 saturated carbocycles. The predicted octanol–water partition coefficient (Wildman–Crippen LogP) is 3.81. The van der Waals surface area contributed by atoms with Gasteiger partial charge in [0, 0.05) is 19.1 Å². The van der Waals surface area contributed by atoms with Gasteiger partial charge in [-0.05, 0) is 54.0 Å². The number of nitrogens with one attached hydrogen (secondary N) is 1. The molecule has 1 aliphatic carbocycles. The molecule has 1 unspecified atom stereocenters. The third-order valence-corrected chi connectivity index (χ3v) is 4.79. The fourth-order valence-corrected chi connectivity index (χ4v) is 3.55. The molecule has 6 heteroatoms. The highest BCUT2D eigenvalue weighted by atomic mass is 19.4. The van der Waals surface area contributed by atoms with Crippen LogP contribution in [0.2, 0.25) is 0 Å². The Labute approximate surface area is 151 Å². The zero-order chi connectivity index (χ0) is 18.6. The lowest BCUT2D eigenvalue weighted by Gasteiger charge is -2.20. The van der Waals surface area contributed by atoms with Crippen LogP contribution in [0.15, 0.2) is 48.5 Å². The molecule has 3 nitrogen and oxygen atoms in total. The summed E-state index contributed by atoms with van der Waals surface area (Å²) in [5, 5.41) is 3.42. The van der Waals surface area contributed by atoms with Crippen LogP contribution in [0.25, 0.3) is 0 Å². The van der Waals surface area contributed by atoms with Crippen LogP contribution in [0, 0.1) is 5.92 Å². The minimum atomic E-state index is -4.66. The van der Waals surface area contributed by atoms with Crippen LogP contribution in [0.5, 0.6) is 5.75 Å². The molecule has 0 saturated heterocycles. The van der Waals surface area contributed by atoms with E-state index in [4.69, 9.17) is 5.73 Å². The van der Waals surface area contributed by atoms with E-state index in [2.05, 4.69) is 34.3 Å². The van der Waals surface area contributed by atoms with Gasteiger partial charge in [0.2, 0.25) is 0 Å². The van der Waals surface area contributed by atoms with Gasteiger partial charge in [0.25, 0.3) is 0 Å². The molecule has 3 N–H and O–H groups in total. The summed E-state index contributed by atoms with van der Waals surface area (Å²) in [5.41, 5.74) is 9.65. The molecule has 26 heavy (non-hydrogen) atoms. The van der Waals surface area contributed by atoms with Gasteiger partial charge in [0.15, 0.2) is 0 Å². The van der Waals surface area contributed by atoms with Gasteiger partial charge in [-0.2, -0.15) is 0 Å². The van der Waals surface area contributed by atoms with Crippen LogP contribution in [0.3, 0.4) is 0 Å². The second-order valence-electron chi connectivity index (χ2n) is 6.78. The molecule has 1 atom stereocenters. The highest BCUT2D eigenvalue weighted by Crippen LogP contribution is 2.29. The Hall–Kier alpha value is -2.05. The Morgan fingerprint density at radius 2 is 1.65 bits per heavy atom. The first-order valence-corrected chi connectivity index (χ1v) is 8.78. The number of ether oxygens (including phenoxy) is 1. The fraction of sp³-hybridized carbons (Fsp3) is 0.400. The molecule has 0 spiro atoms. The van der Waals surface area contributed by atoms with Gasteiger partial charge in [0.1, 0.15) is 5.75 Å². The van der Waals surface area contributed by atoms with Crippen molar-refractivity contribution in [2.75, 3.05) is 6.54 Å². The molecular formula is C20H23F3N2O. The standard InChI is InChI=1S/C20H23F3N2O/c21-20(22,23)26-19-7-5-14(6-8-19)13-25-18(12-24)11-15-9-16-3-1-2-4-17(16)10-15/h1-8,15,18,25H,9-13,24H2. The van der Waals surface area contributed by atoms with Crippen molar-refractivity contribution in [1.82, 2.24) is 5.32 Å². The number of rotatable bonds is 7. The summed E-state index contributed by atoms with van der Waals surface area (Å²) in [7, 11) is 0. The van der Waals surface area contributed by atoms with Crippen molar-refractivity contribution >= 4 is 0 Å². The monoisotopic (exact) mass is 364 g/mol. The molecule has 2 aromatic carbocycles. The molecule has 1 aliphatic rings. The third-order valence-electron chi connectivity index (χ3n) is 4.79. The Morgan fingerprint density at radius 1 is 1.04 bits per heavy atom. The number of alkyl halides is 3. The van der Waals surface area contributed by atoms with Crippen LogP contribution < -0.4 is 15.8 Å². The van der Waals surface area contributed by atoms with Crippen molar-refractivity contribution < 1.29 is 17.9 Å². The minimum Gasteiger partial charge on any atom is -0.406 e. The summed E-state index contributed by atoms with van der Waals surface area (Å²) < 4.78 is 40.4. The van der Waals surface area contributed by atoms with Crippen LogP contribution in [0.4, 0.5) is 13.2 Å². The zero-order valence-electron chi connectivity index (χ0n) is 14.4. The Balaban J connectivity index is 1.48. The number of nitrogens with two attached hydrogens (primary N) is 1. The molecule has 2 aromatic rings. The molecule has 140 valence electrons.